The van der Waals surface area contributed by atoms with E-state index in [4.69, 9.17) is 5.11 Å². The van der Waals surface area contributed by atoms with Crippen molar-refractivity contribution in [1.29, 1.82) is 0 Å². The smallest absolute Gasteiger partial charge is 0.245 e. The first-order valence-electron chi connectivity index (χ1n) is 7.38. The predicted octanol–water partition coefficient (Wildman–Crippen LogP) is 1.12. The second-order valence-electron chi connectivity index (χ2n) is 5.14. The van der Waals surface area contributed by atoms with Gasteiger partial charge in [0.2, 0.25) is 11.8 Å². The highest BCUT2D eigenvalue weighted by atomic mass is 32.1. The van der Waals surface area contributed by atoms with Crippen LogP contribution in [0.15, 0.2) is 17.5 Å². The molecule has 1 aliphatic heterocycles. The second kappa shape index (κ2) is 7.56. The molecule has 1 aliphatic rings. The zero-order valence-electron chi connectivity index (χ0n) is 12.3. The first kappa shape index (κ1) is 16.0. The Bertz CT molecular complexity index is 475. The van der Waals surface area contributed by atoms with E-state index < -0.39 is 0 Å². The van der Waals surface area contributed by atoms with Gasteiger partial charge in [0.25, 0.3) is 0 Å². The molecule has 2 amide bonds. The number of amides is 2. The zero-order chi connectivity index (χ0) is 15.2. The van der Waals surface area contributed by atoms with Gasteiger partial charge >= 0.3 is 0 Å². The molecule has 1 aromatic heterocycles. The minimum absolute atomic E-state index is 0.0216. The van der Waals surface area contributed by atoms with Gasteiger partial charge in [-0.05, 0) is 31.2 Å². The molecule has 21 heavy (non-hydrogen) atoms. The zero-order valence-corrected chi connectivity index (χ0v) is 13.1. The van der Waals surface area contributed by atoms with Gasteiger partial charge in [0.15, 0.2) is 0 Å². The minimum Gasteiger partial charge on any atom is -0.395 e. The number of aliphatic hydroxyl groups is 1. The number of thiophene rings is 1. The van der Waals surface area contributed by atoms with Crippen molar-refractivity contribution in [1.82, 2.24) is 9.80 Å². The van der Waals surface area contributed by atoms with Crippen molar-refractivity contribution in [2.45, 2.75) is 32.2 Å². The van der Waals surface area contributed by atoms with E-state index in [0.717, 1.165) is 17.7 Å². The van der Waals surface area contributed by atoms with Gasteiger partial charge < -0.3 is 14.9 Å². The Kier molecular flexibility index (Phi) is 5.76. The number of aliphatic hydroxyl groups excluding tert-OH is 1. The maximum Gasteiger partial charge on any atom is 0.245 e. The molecule has 2 heterocycles. The van der Waals surface area contributed by atoms with Crippen LogP contribution >= 0.6 is 11.3 Å². The van der Waals surface area contributed by atoms with Crippen LogP contribution in [0.2, 0.25) is 0 Å². The molecule has 0 aromatic carbocycles. The van der Waals surface area contributed by atoms with Gasteiger partial charge in [-0.15, -0.1) is 11.3 Å². The quantitative estimate of drug-likeness (QED) is 0.856. The number of carbonyl (C=O) groups is 2. The summed E-state index contributed by atoms with van der Waals surface area (Å²) in [5.41, 5.74) is 0. The number of carbonyl (C=O) groups excluding carboxylic acids is 2. The van der Waals surface area contributed by atoms with Crippen LogP contribution in [0.25, 0.3) is 0 Å². The van der Waals surface area contributed by atoms with Crippen molar-refractivity contribution < 1.29 is 14.7 Å². The molecule has 0 bridgehead atoms. The Morgan fingerprint density at radius 3 is 2.95 bits per heavy atom. The van der Waals surface area contributed by atoms with Crippen molar-refractivity contribution in [3.8, 4) is 0 Å². The monoisotopic (exact) mass is 310 g/mol. The molecule has 1 atom stereocenters. The van der Waals surface area contributed by atoms with Crippen LogP contribution in [0.4, 0.5) is 0 Å². The average molecular weight is 310 g/mol. The van der Waals surface area contributed by atoms with Crippen LogP contribution in [0.5, 0.6) is 0 Å². The third-order valence-electron chi connectivity index (χ3n) is 3.83. The fourth-order valence-electron chi connectivity index (χ4n) is 2.74. The number of likely N-dealkylation sites (tertiary alicyclic amines) is 1. The van der Waals surface area contributed by atoms with Crippen LogP contribution in [-0.2, 0) is 16.0 Å². The molecular formula is C15H22N2O3S. The molecule has 0 spiro atoms. The lowest BCUT2D eigenvalue weighted by molar-refractivity contribution is -0.143. The Morgan fingerprint density at radius 1 is 1.52 bits per heavy atom. The molecule has 0 radical (unpaired) electrons. The van der Waals surface area contributed by atoms with Gasteiger partial charge in [0.05, 0.1) is 13.0 Å². The SMILES string of the molecule is CCN(CCO)C(=O)C1CCCN1C(=O)Cc1cccs1. The number of nitrogens with zero attached hydrogens (tertiary/aromatic N) is 2. The van der Waals surface area contributed by atoms with Crippen molar-refractivity contribution in [2.75, 3.05) is 26.2 Å². The standard InChI is InChI=1S/C15H22N2O3S/c1-2-16(8-9-18)15(20)13-6-3-7-17(13)14(19)11-12-5-4-10-21-12/h4-5,10,13,18H,2-3,6-9,11H2,1H3. The van der Waals surface area contributed by atoms with Crippen molar-refractivity contribution >= 4 is 23.2 Å². The fourth-order valence-corrected chi connectivity index (χ4v) is 3.44. The second-order valence-corrected chi connectivity index (χ2v) is 6.18. The molecule has 0 saturated carbocycles. The third-order valence-corrected chi connectivity index (χ3v) is 4.70. The fraction of sp³-hybridized carbons (Fsp3) is 0.600. The van der Waals surface area contributed by atoms with Crippen LogP contribution in [0.3, 0.4) is 0 Å². The van der Waals surface area contributed by atoms with Crippen LogP contribution in [-0.4, -0.2) is 59.0 Å². The molecule has 6 heteroatoms. The highest BCUT2D eigenvalue weighted by Crippen LogP contribution is 2.21. The summed E-state index contributed by atoms with van der Waals surface area (Å²) in [6.45, 7) is 3.38. The summed E-state index contributed by atoms with van der Waals surface area (Å²) < 4.78 is 0. The van der Waals surface area contributed by atoms with E-state index in [1.165, 1.54) is 0 Å². The van der Waals surface area contributed by atoms with Gasteiger partial charge in [-0.3, -0.25) is 9.59 Å². The number of hydrogen-bond acceptors (Lipinski definition) is 4. The van der Waals surface area contributed by atoms with Gasteiger partial charge in [-0.2, -0.15) is 0 Å². The molecule has 1 N–H and O–H groups in total. The molecule has 1 fully saturated rings. The Morgan fingerprint density at radius 2 is 2.33 bits per heavy atom. The average Bonchev–Trinajstić information content (AvgIpc) is 3.14. The first-order valence-corrected chi connectivity index (χ1v) is 8.26. The van der Waals surface area contributed by atoms with Crippen LogP contribution < -0.4 is 0 Å². The van der Waals surface area contributed by atoms with Crippen molar-refractivity contribution in [2.24, 2.45) is 0 Å². The Labute approximate surface area is 129 Å². The number of hydrogen-bond donors (Lipinski definition) is 1. The van der Waals surface area contributed by atoms with E-state index >= 15 is 0 Å². The van der Waals surface area contributed by atoms with Crippen LogP contribution in [0, 0.1) is 0 Å². The lowest BCUT2D eigenvalue weighted by Gasteiger charge is -2.29. The lowest BCUT2D eigenvalue weighted by Crippen LogP contribution is -2.48. The topological polar surface area (TPSA) is 60.9 Å². The first-order chi connectivity index (χ1) is 10.2. The van der Waals surface area contributed by atoms with E-state index in [9.17, 15) is 9.59 Å². The summed E-state index contributed by atoms with van der Waals surface area (Å²) >= 11 is 1.56. The van der Waals surface area contributed by atoms with Crippen molar-refractivity contribution in [3.63, 3.8) is 0 Å². The highest BCUT2D eigenvalue weighted by molar-refractivity contribution is 7.10. The highest BCUT2D eigenvalue weighted by Gasteiger charge is 2.35. The summed E-state index contributed by atoms with van der Waals surface area (Å²) in [6, 6.07) is 3.52. The Balaban J connectivity index is 2.02. The maximum atomic E-state index is 12.5. The van der Waals surface area contributed by atoms with E-state index in [-0.39, 0.29) is 24.5 Å². The molecule has 0 aliphatic carbocycles. The summed E-state index contributed by atoms with van der Waals surface area (Å²) in [6.07, 6.45) is 1.95. The summed E-state index contributed by atoms with van der Waals surface area (Å²) in [7, 11) is 0. The molecule has 1 aromatic rings. The lowest BCUT2D eigenvalue weighted by atomic mass is 10.1. The molecular weight excluding hydrogens is 288 g/mol. The number of rotatable bonds is 6. The van der Waals surface area contributed by atoms with E-state index in [0.29, 0.717) is 26.1 Å². The van der Waals surface area contributed by atoms with Gasteiger partial charge in [-0.25, -0.2) is 0 Å². The molecule has 1 unspecified atom stereocenters. The predicted molar refractivity (Wildman–Crippen MR) is 82.1 cm³/mol. The summed E-state index contributed by atoms with van der Waals surface area (Å²) in [5.74, 6) is -0.0167. The maximum absolute atomic E-state index is 12.5. The summed E-state index contributed by atoms with van der Waals surface area (Å²) in [4.78, 5) is 29.3. The normalized spacial score (nSPS) is 18.0. The molecule has 2 rings (SSSR count). The van der Waals surface area contributed by atoms with Crippen molar-refractivity contribution in [3.05, 3.63) is 22.4 Å². The van der Waals surface area contributed by atoms with Gasteiger partial charge in [0, 0.05) is 24.5 Å². The largest absolute Gasteiger partial charge is 0.395 e. The van der Waals surface area contributed by atoms with Crippen LogP contribution in [0.1, 0.15) is 24.6 Å². The van der Waals surface area contributed by atoms with E-state index in [1.54, 1.807) is 21.1 Å². The number of likely N-dealkylation sites (N-methyl/N-ethyl adjacent to an activating group) is 1. The minimum atomic E-state index is -0.357. The van der Waals surface area contributed by atoms with E-state index in [2.05, 4.69) is 0 Å². The summed E-state index contributed by atoms with van der Waals surface area (Å²) in [5, 5.41) is 11.0. The molecule has 116 valence electrons. The van der Waals surface area contributed by atoms with Gasteiger partial charge in [-0.1, -0.05) is 6.07 Å². The molecule has 1 saturated heterocycles. The Hall–Kier alpha value is -1.40. The third kappa shape index (κ3) is 3.83. The van der Waals surface area contributed by atoms with E-state index in [1.807, 2.05) is 24.4 Å². The van der Waals surface area contributed by atoms with Gasteiger partial charge in [0.1, 0.15) is 6.04 Å². The molecule has 5 nitrogen and oxygen atoms in total.